The summed E-state index contributed by atoms with van der Waals surface area (Å²) in [7, 11) is 0. The highest BCUT2D eigenvalue weighted by molar-refractivity contribution is 5.82. The Morgan fingerprint density at radius 1 is 1.38 bits per heavy atom. The maximum absolute atomic E-state index is 11.6. The number of rotatable bonds is 1. The second-order valence-corrected chi connectivity index (χ2v) is 4.82. The number of ketones is 1. The highest BCUT2D eigenvalue weighted by atomic mass is 16.1. The lowest BCUT2D eigenvalue weighted by molar-refractivity contribution is -0.128. The van der Waals surface area contributed by atoms with Crippen LogP contribution in [0.4, 0.5) is 0 Å². The van der Waals surface area contributed by atoms with E-state index < -0.39 is 0 Å². The quantitative estimate of drug-likeness (QED) is 0.565. The van der Waals surface area contributed by atoms with Crippen LogP contribution in [0.2, 0.25) is 0 Å². The highest BCUT2D eigenvalue weighted by Crippen LogP contribution is 2.43. The lowest BCUT2D eigenvalue weighted by Gasteiger charge is -2.38. The third-order valence-corrected chi connectivity index (χ3v) is 3.87. The van der Waals surface area contributed by atoms with Gasteiger partial charge >= 0.3 is 0 Å². The van der Waals surface area contributed by atoms with Gasteiger partial charge in [-0.25, -0.2) is 0 Å². The number of hydrogen-bond donors (Lipinski definition) is 0. The fourth-order valence-electron chi connectivity index (χ4n) is 2.21. The average molecular weight is 180 g/mol. The first-order valence-electron chi connectivity index (χ1n) is 5.04. The number of carbonyl (C=O) groups is 1. The van der Waals surface area contributed by atoms with Crippen LogP contribution in [-0.4, -0.2) is 5.78 Å². The number of allylic oxidation sites excluding steroid dienone is 2. The second kappa shape index (κ2) is 3.28. The third-order valence-electron chi connectivity index (χ3n) is 3.87. The Balaban J connectivity index is 2.99. The third kappa shape index (κ3) is 1.70. The summed E-state index contributed by atoms with van der Waals surface area (Å²) in [6, 6.07) is 0. The van der Waals surface area contributed by atoms with E-state index in [9.17, 15) is 4.79 Å². The van der Waals surface area contributed by atoms with Gasteiger partial charge in [0.2, 0.25) is 0 Å². The Kier molecular flexibility index (Phi) is 2.65. The number of Topliss-reactive ketones (excluding diaryl/α,β-unsaturated/α-hetero) is 1. The van der Waals surface area contributed by atoms with Gasteiger partial charge in [-0.3, -0.25) is 4.79 Å². The van der Waals surface area contributed by atoms with Crippen molar-refractivity contribution < 1.29 is 4.79 Å². The van der Waals surface area contributed by atoms with Crippen LogP contribution >= 0.6 is 0 Å². The molecule has 1 aliphatic rings. The van der Waals surface area contributed by atoms with Crippen molar-refractivity contribution in [3.63, 3.8) is 0 Å². The molecule has 1 rings (SSSR count). The van der Waals surface area contributed by atoms with Gasteiger partial charge in [-0.05, 0) is 39.5 Å². The summed E-state index contributed by atoms with van der Waals surface area (Å²) in [6.07, 6.45) is 2.04. The molecule has 1 heteroatoms. The fourth-order valence-corrected chi connectivity index (χ4v) is 2.21. The van der Waals surface area contributed by atoms with E-state index in [-0.39, 0.29) is 5.41 Å². The van der Waals surface area contributed by atoms with Crippen LogP contribution in [-0.2, 0) is 4.79 Å². The van der Waals surface area contributed by atoms with Crippen LogP contribution in [0.25, 0.3) is 0 Å². The molecule has 0 radical (unpaired) electrons. The van der Waals surface area contributed by atoms with Crippen LogP contribution < -0.4 is 0 Å². The largest absolute Gasteiger partial charge is 0.299 e. The van der Waals surface area contributed by atoms with Gasteiger partial charge in [0.05, 0.1) is 0 Å². The van der Waals surface area contributed by atoms with Crippen LogP contribution in [0.5, 0.6) is 0 Å². The molecule has 0 heterocycles. The fraction of sp³-hybridized carbons (Fsp3) is 0.750. The Morgan fingerprint density at radius 2 is 1.92 bits per heavy atom. The summed E-state index contributed by atoms with van der Waals surface area (Å²) < 4.78 is 0. The van der Waals surface area contributed by atoms with Crippen molar-refractivity contribution >= 4 is 5.78 Å². The molecule has 0 aliphatic heterocycles. The molecule has 13 heavy (non-hydrogen) atoms. The molecule has 0 fully saturated rings. The monoisotopic (exact) mass is 180 g/mol. The smallest absolute Gasteiger partial charge is 0.136 e. The minimum Gasteiger partial charge on any atom is -0.299 e. The van der Waals surface area contributed by atoms with Gasteiger partial charge in [-0.15, -0.1) is 0 Å². The normalized spacial score (nSPS) is 35.0. The molecule has 0 saturated heterocycles. The molecule has 0 aromatic heterocycles. The molecule has 0 N–H and O–H groups in total. The van der Waals surface area contributed by atoms with Crippen molar-refractivity contribution in [1.82, 2.24) is 0 Å². The van der Waals surface area contributed by atoms with Gasteiger partial charge in [0.1, 0.15) is 5.78 Å². The van der Waals surface area contributed by atoms with E-state index in [4.69, 9.17) is 0 Å². The SMILES string of the molecule is CC(=O)C1(C)CC(C)=C(C)CC1C. The van der Waals surface area contributed by atoms with Crippen LogP contribution in [0.15, 0.2) is 11.1 Å². The van der Waals surface area contributed by atoms with Crippen molar-refractivity contribution in [3.8, 4) is 0 Å². The van der Waals surface area contributed by atoms with E-state index >= 15 is 0 Å². The summed E-state index contributed by atoms with van der Waals surface area (Å²) in [5.41, 5.74) is 2.78. The number of carbonyl (C=O) groups excluding carboxylic acids is 1. The number of hydrogen-bond acceptors (Lipinski definition) is 1. The van der Waals surface area contributed by atoms with Crippen LogP contribution in [0, 0.1) is 11.3 Å². The molecule has 2 unspecified atom stereocenters. The zero-order valence-electron chi connectivity index (χ0n) is 9.40. The first-order chi connectivity index (χ1) is 5.88. The van der Waals surface area contributed by atoms with Gasteiger partial charge in [-0.2, -0.15) is 0 Å². The van der Waals surface area contributed by atoms with Gasteiger partial charge in [-0.1, -0.05) is 25.0 Å². The lowest BCUT2D eigenvalue weighted by Crippen LogP contribution is -2.36. The standard InChI is InChI=1S/C12H20O/c1-8-6-10(3)12(5,11(4)13)7-9(8)2/h10H,6-7H2,1-5H3. The lowest BCUT2D eigenvalue weighted by atomic mass is 9.65. The average Bonchev–Trinajstić information content (AvgIpc) is 2.01. The predicted molar refractivity (Wildman–Crippen MR) is 55.6 cm³/mol. The summed E-state index contributed by atoms with van der Waals surface area (Å²) in [5, 5.41) is 0. The van der Waals surface area contributed by atoms with E-state index in [1.165, 1.54) is 11.1 Å². The minimum absolute atomic E-state index is 0.108. The van der Waals surface area contributed by atoms with Crippen molar-refractivity contribution in [3.05, 3.63) is 11.1 Å². The van der Waals surface area contributed by atoms with E-state index in [1.54, 1.807) is 6.92 Å². The highest BCUT2D eigenvalue weighted by Gasteiger charge is 2.38. The minimum atomic E-state index is -0.108. The summed E-state index contributed by atoms with van der Waals surface area (Å²) in [4.78, 5) is 11.6. The molecule has 74 valence electrons. The predicted octanol–water partition coefficient (Wildman–Crippen LogP) is 3.35. The summed E-state index contributed by atoms with van der Waals surface area (Å²) >= 11 is 0. The molecule has 0 bridgehead atoms. The molecule has 2 atom stereocenters. The zero-order chi connectivity index (χ0) is 10.2. The van der Waals surface area contributed by atoms with Crippen molar-refractivity contribution in [2.75, 3.05) is 0 Å². The molecule has 1 nitrogen and oxygen atoms in total. The van der Waals surface area contributed by atoms with Crippen molar-refractivity contribution in [1.29, 1.82) is 0 Å². The van der Waals surface area contributed by atoms with Crippen LogP contribution in [0.1, 0.15) is 47.5 Å². The Morgan fingerprint density at radius 3 is 2.38 bits per heavy atom. The van der Waals surface area contributed by atoms with Crippen molar-refractivity contribution in [2.24, 2.45) is 11.3 Å². The summed E-state index contributed by atoms with van der Waals surface area (Å²) in [6.45, 7) is 10.4. The molecule has 1 aliphatic carbocycles. The van der Waals surface area contributed by atoms with Gasteiger partial charge < -0.3 is 0 Å². The van der Waals surface area contributed by atoms with E-state index in [0.29, 0.717) is 11.7 Å². The molecular formula is C12H20O. The molecule has 0 aromatic rings. The van der Waals surface area contributed by atoms with E-state index in [0.717, 1.165) is 12.8 Å². The topological polar surface area (TPSA) is 17.1 Å². The summed E-state index contributed by atoms with van der Waals surface area (Å²) in [5.74, 6) is 0.834. The van der Waals surface area contributed by atoms with Crippen LogP contribution in [0.3, 0.4) is 0 Å². The Bertz CT molecular complexity index is 262. The first kappa shape index (κ1) is 10.5. The Labute approximate surface area is 81.2 Å². The maximum atomic E-state index is 11.6. The molecular weight excluding hydrogens is 160 g/mol. The Hall–Kier alpha value is -0.590. The van der Waals surface area contributed by atoms with Crippen molar-refractivity contribution in [2.45, 2.75) is 47.5 Å². The van der Waals surface area contributed by atoms with Gasteiger partial charge in [0, 0.05) is 5.41 Å². The van der Waals surface area contributed by atoms with Gasteiger partial charge in [0.25, 0.3) is 0 Å². The second-order valence-electron chi connectivity index (χ2n) is 4.82. The zero-order valence-corrected chi connectivity index (χ0v) is 9.40. The van der Waals surface area contributed by atoms with E-state index in [2.05, 4.69) is 27.7 Å². The van der Waals surface area contributed by atoms with Gasteiger partial charge in [0.15, 0.2) is 0 Å². The molecule has 0 saturated carbocycles. The van der Waals surface area contributed by atoms with E-state index in [1.807, 2.05) is 0 Å². The molecule has 0 aromatic carbocycles. The molecule has 0 amide bonds. The maximum Gasteiger partial charge on any atom is 0.136 e. The molecule has 0 spiro atoms. The first-order valence-corrected chi connectivity index (χ1v) is 5.04.